The summed E-state index contributed by atoms with van der Waals surface area (Å²) >= 11 is 0. The van der Waals surface area contributed by atoms with Crippen molar-refractivity contribution in [2.24, 2.45) is 5.92 Å². The molecule has 2 heterocycles. The first-order valence-corrected chi connectivity index (χ1v) is 9.50. The number of fused-ring (bicyclic) bond motifs is 1. The van der Waals surface area contributed by atoms with Crippen molar-refractivity contribution in [3.8, 4) is 0 Å². The summed E-state index contributed by atoms with van der Waals surface area (Å²) in [5.74, 6) is 1.17. The number of benzene rings is 1. The van der Waals surface area contributed by atoms with Crippen LogP contribution >= 0.6 is 0 Å². The molecule has 1 amide bonds. The number of ether oxygens (including phenoxy) is 1. The van der Waals surface area contributed by atoms with E-state index in [2.05, 4.69) is 23.5 Å². The molecular formula is C20H28N2O2. The zero-order valence-corrected chi connectivity index (χ0v) is 14.4. The van der Waals surface area contributed by atoms with E-state index in [0.717, 1.165) is 44.9 Å². The van der Waals surface area contributed by atoms with Crippen molar-refractivity contribution >= 4 is 5.91 Å². The smallest absolute Gasteiger partial charge is 0.225 e. The predicted molar refractivity (Wildman–Crippen MR) is 93.8 cm³/mol. The van der Waals surface area contributed by atoms with Crippen LogP contribution in [0.4, 0.5) is 0 Å². The Hall–Kier alpha value is -1.39. The number of nitrogens with one attached hydrogen (secondary N) is 1. The molecule has 2 aliphatic heterocycles. The predicted octanol–water partition coefficient (Wildman–Crippen LogP) is 2.68. The van der Waals surface area contributed by atoms with Gasteiger partial charge in [0.25, 0.3) is 0 Å². The fraction of sp³-hybridized carbons (Fsp3) is 0.650. The molecule has 3 aliphatic rings. The maximum Gasteiger partial charge on any atom is 0.225 e. The van der Waals surface area contributed by atoms with Crippen LogP contribution < -0.4 is 5.32 Å². The first kappa shape index (κ1) is 16.1. The Balaban J connectivity index is 1.28. The van der Waals surface area contributed by atoms with Gasteiger partial charge in [-0.3, -0.25) is 4.79 Å². The summed E-state index contributed by atoms with van der Waals surface area (Å²) < 4.78 is 5.90. The second kappa shape index (κ2) is 7.24. The summed E-state index contributed by atoms with van der Waals surface area (Å²) in [6.07, 6.45) is 6.34. The van der Waals surface area contributed by atoms with Gasteiger partial charge in [-0.1, -0.05) is 24.3 Å². The molecule has 4 heteroatoms. The van der Waals surface area contributed by atoms with Gasteiger partial charge in [-0.05, 0) is 55.7 Å². The molecule has 1 aliphatic carbocycles. The van der Waals surface area contributed by atoms with Gasteiger partial charge >= 0.3 is 0 Å². The van der Waals surface area contributed by atoms with E-state index in [-0.39, 0.29) is 12.0 Å². The van der Waals surface area contributed by atoms with Crippen LogP contribution in [0.3, 0.4) is 0 Å². The average molecular weight is 328 g/mol. The summed E-state index contributed by atoms with van der Waals surface area (Å²) in [5, 5.41) is 3.67. The first-order valence-electron chi connectivity index (χ1n) is 9.50. The third-order valence-electron chi connectivity index (χ3n) is 5.69. The standard InChI is InChI=1S/C20H28N2O2/c23-20(13-19-18-4-2-1-3-16(18)9-12-24-19)22-10-7-17(8-11-22)21-14-15-5-6-15/h1-4,15,17,19,21H,5-14H2. The van der Waals surface area contributed by atoms with Crippen LogP contribution in [-0.4, -0.2) is 43.1 Å². The maximum absolute atomic E-state index is 12.7. The van der Waals surface area contributed by atoms with E-state index in [1.807, 2.05) is 11.0 Å². The SMILES string of the molecule is O=C(CC1OCCc2ccccc21)N1CCC(NCC2CC2)CC1. The Bertz CT molecular complexity index is 577. The molecule has 0 aromatic heterocycles. The highest BCUT2D eigenvalue weighted by molar-refractivity contribution is 5.77. The van der Waals surface area contributed by atoms with Crippen LogP contribution in [0, 0.1) is 5.92 Å². The number of hydrogen-bond donors (Lipinski definition) is 1. The molecule has 1 unspecified atom stereocenters. The number of carbonyl (C=O) groups is 1. The molecule has 0 radical (unpaired) electrons. The minimum atomic E-state index is -0.0619. The second-order valence-electron chi connectivity index (χ2n) is 7.52. The van der Waals surface area contributed by atoms with Gasteiger partial charge in [0.15, 0.2) is 0 Å². The van der Waals surface area contributed by atoms with E-state index >= 15 is 0 Å². The van der Waals surface area contributed by atoms with Crippen molar-refractivity contribution < 1.29 is 9.53 Å². The van der Waals surface area contributed by atoms with E-state index in [4.69, 9.17) is 4.74 Å². The highest BCUT2D eigenvalue weighted by Crippen LogP contribution is 2.31. The average Bonchev–Trinajstić information content (AvgIpc) is 3.45. The summed E-state index contributed by atoms with van der Waals surface area (Å²) in [5.41, 5.74) is 2.54. The van der Waals surface area contributed by atoms with Crippen molar-refractivity contribution in [1.29, 1.82) is 0 Å². The quantitative estimate of drug-likeness (QED) is 0.903. The lowest BCUT2D eigenvalue weighted by Gasteiger charge is -2.34. The Morgan fingerprint density at radius 2 is 1.96 bits per heavy atom. The molecule has 1 atom stereocenters. The van der Waals surface area contributed by atoms with Crippen molar-refractivity contribution in [3.63, 3.8) is 0 Å². The largest absolute Gasteiger partial charge is 0.373 e. The summed E-state index contributed by atoms with van der Waals surface area (Å²) in [7, 11) is 0. The van der Waals surface area contributed by atoms with Gasteiger partial charge in [0.05, 0.1) is 19.1 Å². The molecular weight excluding hydrogens is 300 g/mol. The van der Waals surface area contributed by atoms with Crippen LogP contribution in [0.1, 0.15) is 49.3 Å². The van der Waals surface area contributed by atoms with Crippen molar-refractivity contribution in [2.75, 3.05) is 26.2 Å². The van der Waals surface area contributed by atoms with Crippen LogP contribution in [0.15, 0.2) is 24.3 Å². The zero-order valence-electron chi connectivity index (χ0n) is 14.4. The fourth-order valence-corrected chi connectivity index (χ4v) is 3.92. The van der Waals surface area contributed by atoms with Crippen molar-refractivity contribution in [2.45, 2.75) is 50.7 Å². The van der Waals surface area contributed by atoms with E-state index in [1.54, 1.807) is 0 Å². The maximum atomic E-state index is 12.7. The second-order valence-corrected chi connectivity index (χ2v) is 7.52. The van der Waals surface area contributed by atoms with E-state index in [0.29, 0.717) is 12.5 Å². The third-order valence-corrected chi connectivity index (χ3v) is 5.69. The van der Waals surface area contributed by atoms with Gasteiger partial charge in [0, 0.05) is 19.1 Å². The lowest BCUT2D eigenvalue weighted by Crippen LogP contribution is -2.45. The molecule has 0 spiro atoms. The van der Waals surface area contributed by atoms with E-state index in [9.17, 15) is 4.79 Å². The van der Waals surface area contributed by atoms with E-state index < -0.39 is 0 Å². The number of carbonyl (C=O) groups excluding carboxylic acids is 1. The van der Waals surface area contributed by atoms with Gasteiger partial charge in [0.1, 0.15) is 0 Å². The summed E-state index contributed by atoms with van der Waals surface area (Å²) in [6, 6.07) is 8.98. The van der Waals surface area contributed by atoms with Gasteiger partial charge in [-0.15, -0.1) is 0 Å². The first-order chi connectivity index (χ1) is 11.8. The molecule has 1 saturated heterocycles. The third kappa shape index (κ3) is 3.81. The summed E-state index contributed by atoms with van der Waals surface area (Å²) in [6.45, 7) is 3.67. The number of hydrogen-bond acceptors (Lipinski definition) is 3. The van der Waals surface area contributed by atoms with Crippen LogP contribution in [-0.2, 0) is 16.0 Å². The molecule has 2 fully saturated rings. The Kier molecular flexibility index (Phi) is 4.86. The molecule has 0 bridgehead atoms. The van der Waals surface area contributed by atoms with Gasteiger partial charge in [0.2, 0.25) is 5.91 Å². The molecule has 4 nitrogen and oxygen atoms in total. The summed E-state index contributed by atoms with van der Waals surface area (Å²) in [4.78, 5) is 14.7. The van der Waals surface area contributed by atoms with Crippen molar-refractivity contribution in [1.82, 2.24) is 10.2 Å². The minimum absolute atomic E-state index is 0.0619. The lowest BCUT2D eigenvalue weighted by molar-refractivity contribution is -0.135. The highest BCUT2D eigenvalue weighted by atomic mass is 16.5. The van der Waals surface area contributed by atoms with Crippen molar-refractivity contribution in [3.05, 3.63) is 35.4 Å². The van der Waals surface area contributed by atoms with Crippen LogP contribution in [0.2, 0.25) is 0 Å². The fourth-order valence-electron chi connectivity index (χ4n) is 3.92. The minimum Gasteiger partial charge on any atom is -0.373 e. The number of nitrogens with zero attached hydrogens (tertiary/aromatic N) is 1. The Morgan fingerprint density at radius 1 is 1.17 bits per heavy atom. The Labute approximate surface area is 144 Å². The number of rotatable bonds is 5. The molecule has 1 aromatic rings. The molecule has 4 rings (SSSR count). The molecule has 1 saturated carbocycles. The number of amides is 1. The Morgan fingerprint density at radius 3 is 2.75 bits per heavy atom. The monoisotopic (exact) mass is 328 g/mol. The van der Waals surface area contributed by atoms with Gasteiger partial charge in [-0.2, -0.15) is 0 Å². The molecule has 24 heavy (non-hydrogen) atoms. The highest BCUT2D eigenvalue weighted by Gasteiger charge is 2.29. The normalized spacial score (nSPS) is 24.7. The van der Waals surface area contributed by atoms with Gasteiger partial charge in [-0.25, -0.2) is 0 Å². The van der Waals surface area contributed by atoms with Crippen LogP contribution in [0.5, 0.6) is 0 Å². The van der Waals surface area contributed by atoms with Gasteiger partial charge < -0.3 is 15.0 Å². The topological polar surface area (TPSA) is 41.6 Å². The van der Waals surface area contributed by atoms with E-state index in [1.165, 1.54) is 30.5 Å². The molecule has 1 aromatic carbocycles. The zero-order chi connectivity index (χ0) is 16.4. The lowest BCUT2D eigenvalue weighted by atomic mass is 9.95. The number of likely N-dealkylation sites (tertiary alicyclic amines) is 1. The number of piperidine rings is 1. The molecule has 1 N–H and O–H groups in total. The molecule has 130 valence electrons. The van der Waals surface area contributed by atoms with Crippen LogP contribution in [0.25, 0.3) is 0 Å².